The van der Waals surface area contributed by atoms with E-state index in [1.54, 1.807) is 13.0 Å². The minimum absolute atomic E-state index is 0.0174. The maximum absolute atomic E-state index is 14.7. The number of hydrogen-bond donors (Lipinski definition) is 2. The number of carbonyl (C=O) groups excluding carboxylic acids is 2. The van der Waals surface area contributed by atoms with Crippen LogP contribution in [0.2, 0.25) is 0 Å². The second-order valence-electron chi connectivity index (χ2n) is 7.01. The number of hydrogen-bond acceptors (Lipinski definition) is 4. The Morgan fingerprint density at radius 1 is 1.13 bits per heavy atom. The number of nitrogens with one attached hydrogen (secondary N) is 2. The molecule has 0 aromatic heterocycles. The standard InChI is InChI=1S/C23H21BrF2N2O3/c1-2-31-23(30)13-10-11-14(18(26)12-13)21(27)15-6-3-4-9-19(15)28-22(29)20-16(24)7-5-8-17(20)25/h5,7-8,10-12,27H,2-4,6,9H2,1H3,(H,28,29). The molecule has 0 atom stereocenters. The van der Waals surface area contributed by atoms with Crippen molar-refractivity contribution in [2.75, 3.05) is 6.61 Å². The number of allylic oxidation sites excluding steroid dienone is 2. The van der Waals surface area contributed by atoms with E-state index in [-0.39, 0.29) is 29.0 Å². The highest BCUT2D eigenvalue weighted by Gasteiger charge is 2.24. The van der Waals surface area contributed by atoms with Crippen LogP contribution in [-0.4, -0.2) is 24.2 Å². The molecule has 8 heteroatoms. The van der Waals surface area contributed by atoms with Crippen LogP contribution in [-0.2, 0) is 4.74 Å². The number of benzene rings is 2. The second-order valence-corrected chi connectivity index (χ2v) is 7.86. The van der Waals surface area contributed by atoms with Crippen molar-refractivity contribution in [3.05, 3.63) is 80.5 Å². The van der Waals surface area contributed by atoms with Gasteiger partial charge in [-0.2, -0.15) is 0 Å². The average molecular weight is 491 g/mol. The maximum atomic E-state index is 14.7. The summed E-state index contributed by atoms with van der Waals surface area (Å²) in [7, 11) is 0. The first-order valence-corrected chi connectivity index (χ1v) is 10.7. The molecule has 2 N–H and O–H groups in total. The Morgan fingerprint density at radius 2 is 1.87 bits per heavy atom. The Hall–Kier alpha value is -2.87. The van der Waals surface area contributed by atoms with Crippen LogP contribution in [0.5, 0.6) is 0 Å². The molecule has 0 saturated heterocycles. The highest BCUT2D eigenvalue weighted by atomic mass is 79.9. The SMILES string of the molecule is CCOC(=O)c1ccc(C(=N)C2=C(NC(=O)c3c(F)cccc3Br)CCCC2)c(F)c1. The second kappa shape index (κ2) is 9.96. The van der Waals surface area contributed by atoms with Gasteiger partial charge in [-0.3, -0.25) is 10.2 Å². The molecule has 0 heterocycles. The lowest BCUT2D eigenvalue weighted by Crippen LogP contribution is -2.28. The molecule has 3 rings (SSSR count). The third kappa shape index (κ3) is 5.07. The predicted octanol–water partition coefficient (Wildman–Crippen LogP) is 5.53. The van der Waals surface area contributed by atoms with Crippen molar-refractivity contribution in [2.45, 2.75) is 32.6 Å². The van der Waals surface area contributed by atoms with E-state index in [2.05, 4.69) is 21.2 Å². The van der Waals surface area contributed by atoms with E-state index in [0.29, 0.717) is 28.6 Å². The molecule has 1 aliphatic carbocycles. The first-order valence-electron chi connectivity index (χ1n) is 9.86. The van der Waals surface area contributed by atoms with Crippen LogP contribution in [0.4, 0.5) is 8.78 Å². The molecule has 31 heavy (non-hydrogen) atoms. The number of amides is 1. The third-order valence-electron chi connectivity index (χ3n) is 4.97. The zero-order valence-electron chi connectivity index (χ0n) is 16.9. The molecule has 0 bridgehead atoms. The minimum atomic E-state index is -0.726. The van der Waals surface area contributed by atoms with Crippen LogP contribution in [0, 0.1) is 17.0 Å². The van der Waals surface area contributed by atoms with Crippen LogP contribution < -0.4 is 5.32 Å². The molecule has 2 aromatic carbocycles. The van der Waals surface area contributed by atoms with Crippen LogP contribution in [0.3, 0.4) is 0 Å². The van der Waals surface area contributed by atoms with Crippen molar-refractivity contribution in [2.24, 2.45) is 0 Å². The van der Waals surface area contributed by atoms with Crippen molar-refractivity contribution >= 4 is 33.5 Å². The summed E-state index contributed by atoms with van der Waals surface area (Å²) in [6.07, 6.45) is 2.53. The summed E-state index contributed by atoms with van der Waals surface area (Å²) < 4.78 is 34.0. The summed E-state index contributed by atoms with van der Waals surface area (Å²) in [5.41, 5.74) is 0.849. The van der Waals surface area contributed by atoms with E-state index in [1.165, 1.54) is 24.3 Å². The van der Waals surface area contributed by atoms with E-state index in [1.807, 2.05) is 0 Å². The largest absolute Gasteiger partial charge is 0.462 e. The normalized spacial score (nSPS) is 13.7. The molecule has 2 aromatic rings. The van der Waals surface area contributed by atoms with E-state index in [4.69, 9.17) is 10.1 Å². The smallest absolute Gasteiger partial charge is 0.338 e. The van der Waals surface area contributed by atoms with E-state index in [0.717, 1.165) is 18.9 Å². The lowest BCUT2D eigenvalue weighted by atomic mass is 9.89. The molecule has 0 spiro atoms. The molecule has 0 saturated carbocycles. The van der Waals surface area contributed by atoms with Crippen molar-refractivity contribution in [3.8, 4) is 0 Å². The molecular weight excluding hydrogens is 470 g/mol. The maximum Gasteiger partial charge on any atom is 0.338 e. The predicted molar refractivity (Wildman–Crippen MR) is 116 cm³/mol. The van der Waals surface area contributed by atoms with Gasteiger partial charge in [0.25, 0.3) is 5.91 Å². The topological polar surface area (TPSA) is 79.2 Å². The molecule has 0 unspecified atom stereocenters. The quantitative estimate of drug-likeness (QED) is 0.412. The van der Waals surface area contributed by atoms with Crippen molar-refractivity contribution in [1.29, 1.82) is 5.41 Å². The van der Waals surface area contributed by atoms with Crippen LogP contribution >= 0.6 is 15.9 Å². The first kappa shape index (κ1) is 22.8. The molecule has 162 valence electrons. The fraction of sp³-hybridized carbons (Fsp3) is 0.261. The van der Waals surface area contributed by atoms with Gasteiger partial charge in [-0.1, -0.05) is 6.07 Å². The zero-order valence-corrected chi connectivity index (χ0v) is 18.4. The number of ether oxygens (including phenoxy) is 1. The Kier molecular flexibility index (Phi) is 7.33. The molecule has 0 aliphatic heterocycles. The highest BCUT2D eigenvalue weighted by molar-refractivity contribution is 9.10. The third-order valence-corrected chi connectivity index (χ3v) is 5.63. The van der Waals surface area contributed by atoms with Gasteiger partial charge in [0.1, 0.15) is 11.6 Å². The lowest BCUT2D eigenvalue weighted by molar-refractivity contribution is 0.0525. The van der Waals surface area contributed by atoms with Gasteiger partial charge in [-0.25, -0.2) is 13.6 Å². The monoisotopic (exact) mass is 490 g/mol. The van der Waals surface area contributed by atoms with Gasteiger partial charge in [-0.15, -0.1) is 0 Å². The number of rotatable bonds is 6. The fourth-order valence-corrected chi connectivity index (χ4v) is 3.98. The Labute approximate surface area is 187 Å². The van der Waals surface area contributed by atoms with Gasteiger partial charge in [0, 0.05) is 15.7 Å². The highest BCUT2D eigenvalue weighted by Crippen LogP contribution is 2.28. The molecule has 1 aliphatic rings. The van der Waals surface area contributed by atoms with Gasteiger partial charge in [0.15, 0.2) is 0 Å². The molecular formula is C23H21BrF2N2O3. The van der Waals surface area contributed by atoms with Gasteiger partial charge < -0.3 is 10.1 Å². The van der Waals surface area contributed by atoms with Gasteiger partial charge in [0.2, 0.25) is 0 Å². The van der Waals surface area contributed by atoms with Gasteiger partial charge in [0.05, 0.1) is 23.4 Å². The van der Waals surface area contributed by atoms with E-state index >= 15 is 0 Å². The summed E-state index contributed by atoms with van der Waals surface area (Å²) in [6.45, 7) is 1.83. The van der Waals surface area contributed by atoms with Crippen LogP contribution in [0.1, 0.15) is 58.9 Å². The van der Waals surface area contributed by atoms with Gasteiger partial charge in [-0.05, 0) is 84.4 Å². The van der Waals surface area contributed by atoms with Crippen molar-refractivity contribution in [1.82, 2.24) is 5.32 Å². The number of halogens is 3. The Balaban J connectivity index is 1.91. The fourth-order valence-electron chi connectivity index (χ4n) is 3.46. The molecule has 1 amide bonds. The summed E-state index contributed by atoms with van der Waals surface area (Å²) >= 11 is 3.19. The first-order chi connectivity index (χ1) is 14.8. The summed E-state index contributed by atoms with van der Waals surface area (Å²) in [5.74, 6) is -2.67. The zero-order chi connectivity index (χ0) is 22.5. The average Bonchev–Trinajstić information content (AvgIpc) is 2.73. The van der Waals surface area contributed by atoms with Crippen molar-refractivity contribution in [3.63, 3.8) is 0 Å². The Bertz CT molecular complexity index is 1060. The molecule has 5 nitrogen and oxygen atoms in total. The van der Waals surface area contributed by atoms with Crippen molar-refractivity contribution < 1.29 is 23.1 Å². The van der Waals surface area contributed by atoms with E-state index in [9.17, 15) is 18.4 Å². The minimum Gasteiger partial charge on any atom is -0.462 e. The van der Waals surface area contributed by atoms with E-state index < -0.39 is 23.5 Å². The van der Waals surface area contributed by atoms with Gasteiger partial charge >= 0.3 is 5.97 Å². The number of esters is 1. The van der Waals surface area contributed by atoms with Crippen LogP contribution in [0.15, 0.2) is 52.1 Å². The van der Waals surface area contributed by atoms with Crippen LogP contribution in [0.25, 0.3) is 0 Å². The molecule has 0 radical (unpaired) electrons. The Morgan fingerprint density at radius 3 is 2.55 bits per heavy atom. The lowest BCUT2D eigenvalue weighted by Gasteiger charge is -2.22. The summed E-state index contributed by atoms with van der Waals surface area (Å²) in [5, 5.41) is 11.3. The summed E-state index contributed by atoms with van der Waals surface area (Å²) in [4.78, 5) is 24.5. The molecule has 0 fully saturated rings. The summed E-state index contributed by atoms with van der Waals surface area (Å²) in [6, 6.07) is 8.05. The number of carbonyl (C=O) groups is 2.